The first-order chi connectivity index (χ1) is 14.9. The van der Waals surface area contributed by atoms with Gasteiger partial charge in [0.2, 0.25) is 0 Å². The van der Waals surface area contributed by atoms with E-state index in [0.717, 1.165) is 28.1 Å². The number of fused-ring (bicyclic) bond motifs is 1. The van der Waals surface area contributed by atoms with Crippen molar-refractivity contribution in [2.45, 2.75) is 43.9 Å². The second-order valence-corrected chi connectivity index (χ2v) is 9.55. The fraction of sp³-hybridized carbons (Fsp3) is 0.318. The second kappa shape index (κ2) is 8.85. The third kappa shape index (κ3) is 5.24. The largest absolute Gasteiger partial charge is 0.486 e. The van der Waals surface area contributed by atoms with E-state index in [4.69, 9.17) is 9.84 Å². The molecule has 1 atom stereocenters. The summed E-state index contributed by atoms with van der Waals surface area (Å²) in [4.78, 5) is 10.5. The Morgan fingerprint density at radius 2 is 1.94 bits per heavy atom. The monoisotopic (exact) mass is 469 g/mol. The smallest absolute Gasteiger partial charge is 0.416 e. The number of aliphatic carboxylic acids is 1. The summed E-state index contributed by atoms with van der Waals surface area (Å²) in [6.45, 7) is 3.52. The minimum absolute atomic E-state index is 0.0408. The lowest BCUT2D eigenvalue weighted by molar-refractivity contribution is -0.138. The second-order valence-electron chi connectivity index (χ2n) is 7.68. The van der Waals surface area contributed by atoms with Gasteiger partial charge in [0.25, 0.3) is 10.0 Å². The Hall–Kier alpha value is -3.01. The average Bonchev–Trinajstić information content (AvgIpc) is 2.70. The van der Waals surface area contributed by atoms with E-state index in [1.807, 2.05) is 19.9 Å². The van der Waals surface area contributed by atoms with E-state index >= 15 is 0 Å². The van der Waals surface area contributed by atoms with Gasteiger partial charge < -0.3 is 9.84 Å². The molecule has 3 rings (SSSR count). The van der Waals surface area contributed by atoms with Crippen molar-refractivity contribution in [3.63, 3.8) is 0 Å². The number of allylic oxidation sites excluding steroid dienone is 1. The number of ether oxygens (including phenoxy) is 1. The van der Waals surface area contributed by atoms with Crippen molar-refractivity contribution in [1.29, 1.82) is 0 Å². The highest BCUT2D eigenvalue weighted by Gasteiger charge is 2.37. The van der Waals surface area contributed by atoms with Gasteiger partial charge in [0, 0.05) is 6.42 Å². The molecule has 2 aromatic carbocycles. The molecule has 0 saturated heterocycles. The molecule has 0 fully saturated rings. The summed E-state index contributed by atoms with van der Waals surface area (Å²) < 4.78 is 73.1. The maximum atomic E-state index is 13.4. The lowest BCUT2D eigenvalue weighted by Gasteiger charge is -2.35. The SMILES string of the molecule is CC(C)=Cc1ccc2c(c1)N(S(=O)(=O)c1cccc(C(F)(F)F)c1)C[C@H](CCC(=O)O)O2. The third-order valence-corrected chi connectivity index (χ3v) is 6.58. The Bertz CT molecular complexity index is 1150. The zero-order valence-corrected chi connectivity index (χ0v) is 18.2. The maximum Gasteiger partial charge on any atom is 0.416 e. The highest BCUT2D eigenvalue weighted by Crippen LogP contribution is 2.39. The number of hydrogen-bond acceptors (Lipinski definition) is 4. The van der Waals surface area contributed by atoms with Crippen molar-refractivity contribution in [1.82, 2.24) is 0 Å². The van der Waals surface area contributed by atoms with Gasteiger partial charge >= 0.3 is 12.1 Å². The average molecular weight is 469 g/mol. The van der Waals surface area contributed by atoms with Crippen LogP contribution in [0.25, 0.3) is 6.08 Å². The predicted octanol–water partition coefficient (Wildman–Crippen LogP) is 4.95. The van der Waals surface area contributed by atoms with Crippen LogP contribution >= 0.6 is 0 Å². The Balaban J connectivity index is 2.10. The van der Waals surface area contributed by atoms with Crippen LogP contribution in [0, 0.1) is 0 Å². The molecule has 0 amide bonds. The molecular weight excluding hydrogens is 447 g/mol. The van der Waals surface area contributed by atoms with E-state index in [9.17, 15) is 26.4 Å². The molecule has 0 saturated carbocycles. The molecule has 0 spiro atoms. The van der Waals surface area contributed by atoms with Crippen LogP contribution in [-0.4, -0.2) is 32.1 Å². The summed E-state index contributed by atoms with van der Waals surface area (Å²) in [7, 11) is -4.39. The fourth-order valence-corrected chi connectivity index (χ4v) is 4.92. The van der Waals surface area contributed by atoms with Crippen LogP contribution in [0.15, 0.2) is 52.9 Å². The lowest BCUT2D eigenvalue weighted by atomic mass is 10.1. The lowest BCUT2D eigenvalue weighted by Crippen LogP contribution is -2.43. The molecule has 0 aliphatic carbocycles. The van der Waals surface area contributed by atoms with Crippen LogP contribution in [0.4, 0.5) is 18.9 Å². The van der Waals surface area contributed by atoms with Crippen molar-refractivity contribution in [3.8, 4) is 5.75 Å². The number of nitrogens with zero attached hydrogens (tertiary/aromatic N) is 1. The molecule has 0 aromatic heterocycles. The molecule has 32 heavy (non-hydrogen) atoms. The summed E-state index contributed by atoms with van der Waals surface area (Å²) in [6.07, 6.45) is -3.85. The molecule has 172 valence electrons. The predicted molar refractivity (Wildman–Crippen MR) is 113 cm³/mol. The van der Waals surface area contributed by atoms with E-state index < -0.39 is 38.7 Å². The summed E-state index contributed by atoms with van der Waals surface area (Å²) in [5, 5.41) is 8.97. The topological polar surface area (TPSA) is 83.9 Å². The number of anilines is 1. The first kappa shape index (κ1) is 23.6. The van der Waals surface area contributed by atoms with Gasteiger partial charge in [-0.05, 0) is 56.2 Å². The van der Waals surface area contributed by atoms with Crippen molar-refractivity contribution in [2.24, 2.45) is 0 Å². The molecule has 0 bridgehead atoms. The Labute approximate surface area is 184 Å². The van der Waals surface area contributed by atoms with Crippen molar-refractivity contribution in [3.05, 3.63) is 59.2 Å². The highest BCUT2D eigenvalue weighted by molar-refractivity contribution is 7.92. The molecule has 6 nitrogen and oxygen atoms in total. The number of rotatable bonds is 6. The maximum absolute atomic E-state index is 13.4. The Kier molecular flexibility index (Phi) is 6.54. The van der Waals surface area contributed by atoms with Crippen LogP contribution in [0.5, 0.6) is 5.75 Å². The van der Waals surface area contributed by atoms with E-state index in [2.05, 4.69) is 0 Å². The van der Waals surface area contributed by atoms with Crippen molar-refractivity contribution >= 4 is 27.8 Å². The van der Waals surface area contributed by atoms with Gasteiger partial charge in [0.05, 0.1) is 22.7 Å². The Morgan fingerprint density at radius 3 is 2.56 bits per heavy atom. The normalized spacial score (nSPS) is 16.2. The third-order valence-electron chi connectivity index (χ3n) is 4.80. The number of carbonyl (C=O) groups is 1. The number of carboxylic acids is 1. The van der Waals surface area contributed by atoms with E-state index in [0.29, 0.717) is 11.6 Å². The molecule has 0 unspecified atom stereocenters. The van der Waals surface area contributed by atoms with E-state index in [1.165, 1.54) is 0 Å². The first-order valence-corrected chi connectivity index (χ1v) is 11.2. The molecular formula is C22H22F3NO5S. The number of alkyl halides is 3. The van der Waals surface area contributed by atoms with Gasteiger partial charge in [-0.3, -0.25) is 9.10 Å². The fourth-order valence-electron chi connectivity index (χ4n) is 3.37. The number of sulfonamides is 1. The number of benzene rings is 2. The van der Waals surface area contributed by atoms with Gasteiger partial charge in [-0.25, -0.2) is 8.42 Å². The molecule has 2 aromatic rings. The van der Waals surface area contributed by atoms with Crippen molar-refractivity contribution < 1.29 is 36.2 Å². The molecule has 1 aliphatic heterocycles. The Morgan fingerprint density at radius 1 is 1.22 bits per heavy atom. The van der Waals surface area contributed by atoms with Gasteiger partial charge in [-0.1, -0.05) is 23.8 Å². The molecule has 1 heterocycles. The van der Waals surface area contributed by atoms with Crippen molar-refractivity contribution in [2.75, 3.05) is 10.8 Å². The minimum atomic E-state index is -4.70. The number of carboxylic acid groups (broad SMARTS) is 1. The summed E-state index contributed by atoms with van der Waals surface area (Å²) in [5.74, 6) is -0.848. The van der Waals surface area contributed by atoms with Crippen LogP contribution in [0.3, 0.4) is 0 Å². The molecule has 1 N–H and O–H groups in total. The standard InChI is InChI=1S/C22H22F3NO5S/c1-14(2)10-15-6-8-20-19(11-15)26(13-17(31-20)7-9-21(27)28)32(29,30)18-5-3-4-16(12-18)22(23,24)25/h3-6,8,10-12,17H,7,9,13H2,1-2H3,(H,27,28)/t17-/m0/s1. The summed E-state index contributed by atoms with van der Waals surface area (Å²) in [5.41, 5.74) is 0.769. The van der Waals surface area contributed by atoms with E-state index in [1.54, 1.807) is 18.2 Å². The zero-order valence-electron chi connectivity index (χ0n) is 17.4. The van der Waals surface area contributed by atoms with Crippen LogP contribution < -0.4 is 9.04 Å². The molecule has 10 heteroatoms. The van der Waals surface area contributed by atoms with Gasteiger partial charge in [-0.2, -0.15) is 13.2 Å². The number of halogens is 3. The summed E-state index contributed by atoms with van der Waals surface area (Å²) in [6, 6.07) is 8.42. The van der Waals surface area contributed by atoms with Gasteiger partial charge in [0.1, 0.15) is 11.9 Å². The van der Waals surface area contributed by atoms with Crippen LogP contribution in [-0.2, 0) is 21.0 Å². The zero-order chi connectivity index (χ0) is 23.7. The minimum Gasteiger partial charge on any atom is -0.486 e. The van der Waals surface area contributed by atoms with Gasteiger partial charge in [-0.15, -0.1) is 0 Å². The van der Waals surface area contributed by atoms with E-state index in [-0.39, 0.29) is 30.8 Å². The molecule has 0 radical (unpaired) electrons. The summed E-state index contributed by atoms with van der Waals surface area (Å²) >= 11 is 0. The molecule has 1 aliphatic rings. The van der Waals surface area contributed by atoms with Crippen LogP contribution in [0.2, 0.25) is 0 Å². The quantitative estimate of drug-likeness (QED) is 0.647. The number of hydrogen-bond donors (Lipinski definition) is 1. The first-order valence-electron chi connectivity index (χ1n) is 9.75. The van der Waals surface area contributed by atoms with Gasteiger partial charge in [0.15, 0.2) is 0 Å². The van der Waals surface area contributed by atoms with Crippen LogP contribution in [0.1, 0.15) is 37.8 Å². The highest BCUT2D eigenvalue weighted by atomic mass is 32.2.